The van der Waals surface area contributed by atoms with Gasteiger partial charge in [0, 0.05) is 5.56 Å². The zero-order valence-electron chi connectivity index (χ0n) is 14.7. The highest BCUT2D eigenvalue weighted by atomic mass is 28.3. The molecule has 0 bridgehead atoms. The molecule has 0 radical (unpaired) electrons. The van der Waals surface area contributed by atoms with Crippen molar-refractivity contribution in [3.05, 3.63) is 54.1 Å². The van der Waals surface area contributed by atoms with Crippen LogP contribution in [-0.2, 0) is 4.74 Å². The maximum absolute atomic E-state index is 6.02. The predicted molar refractivity (Wildman–Crippen MR) is 101 cm³/mol. The molecule has 2 aromatic rings. The van der Waals surface area contributed by atoms with Gasteiger partial charge in [0.05, 0.1) is 13.6 Å². The lowest BCUT2D eigenvalue weighted by atomic mass is 9.99. The Morgan fingerprint density at radius 1 is 0.957 bits per heavy atom. The van der Waals surface area contributed by atoms with Crippen molar-refractivity contribution in [3.63, 3.8) is 0 Å². The lowest BCUT2D eigenvalue weighted by molar-refractivity contribution is 0.279. The van der Waals surface area contributed by atoms with Crippen molar-refractivity contribution < 1.29 is 4.74 Å². The molecule has 0 aromatic heterocycles. The van der Waals surface area contributed by atoms with Crippen LogP contribution >= 0.6 is 0 Å². The summed E-state index contributed by atoms with van der Waals surface area (Å²) < 4.78 is 6.02. The van der Waals surface area contributed by atoms with E-state index in [1.54, 1.807) is 0 Å². The van der Waals surface area contributed by atoms with Crippen LogP contribution in [0.2, 0.25) is 19.6 Å². The van der Waals surface area contributed by atoms with Gasteiger partial charge in [-0.2, -0.15) is 0 Å². The Morgan fingerprint density at radius 2 is 1.65 bits per heavy atom. The fourth-order valence-electron chi connectivity index (χ4n) is 2.98. The molecule has 1 aliphatic rings. The average Bonchev–Trinajstić information content (AvgIpc) is 2.86. The normalized spacial score (nSPS) is 16.8. The van der Waals surface area contributed by atoms with Crippen molar-refractivity contribution >= 4 is 19.2 Å². The van der Waals surface area contributed by atoms with Crippen LogP contribution in [0, 0.1) is 0 Å². The molecule has 0 N–H and O–H groups in total. The van der Waals surface area contributed by atoms with Crippen LogP contribution in [-0.4, -0.2) is 26.1 Å². The molecule has 0 fully saturated rings. The van der Waals surface area contributed by atoms with Gasteiger partial charge in [0.2, 0.25) is 5.90 Å². The number of benzene rings is 2. The second kappa shape index (κ2) is 5.64. The Hall–Kier alpha value is -1.87. The number of rotatable bonds is 3. The molecule has 0 aliphatic carbocycles. The highest BCUT2D eigenvalue weighted by Gasteiger charge is 2.32. The molecular formula is C20H25NOSi. The van der Waals surface area contributed by atoms with Crippen LogP contribution in [0.15, 0.2) is 53.5 Å². The van der Waals surface area contributed by atoms with Crippen LogP contribution in [0.3, 0.4) is 0 Å². The number of hydrogen-bond donors (Lipinski definition) is 0. The lowest BCUT2D eigenvalue weighted by Gasteiger charge is -2.23. The van der Waals surface area contributed by atoms with Crippen molar-refractivity contribution in [1.82, 2.24) is 0 Å². The summed E-state index contributed by atoms with van der Waals surface area (Å²) >= 11 is 0. The monoisotopic (exact) mass is 323 g/mol. The first-order valence-corrected chi connectivity index (χ1v) is 11.7. The van der Waals surface area contributed by atoms with E-state index in [1.807, 2.05) is 0 Å². The van der Waals surface area contributed by atoms with Gasteiger partial charge in [0.25, 0.3) is 0 Å². The van der Waals surface area contributed by atoms with Crippen LogP contribution in [0.1, 0.15) is 19.4 Å². The number of ether oxygens (including phenoxy) is 1. The van der Waals surface area contributed by atoms with E-state index in [1.165, 1.54) is 21.9 Å². The predicted octanol–water partition coefficient (Wildman–Crippen LogP) is 4.45. The molecular weight excluding hydrogens is 298 g/mol. The van der Waals surface area contributed by atoms with Gasteiger partial charge >= 0.3 is 0 Å². The standard InChI is InChI=1S/C20H25NOSi/c1-20(2)14-22-19(21-20)18-16(15-10-7-6-8-11-15)12-9-13-17(18)23(3,4)5/h6-13H,14H2,1-5H3. The van der Waals surface area contributed by atoms with Crippen molar-refractivity contribution in [2.75, 3.05) is 6.61 Å². The fourth-order valence-corrected chi connectivity index (χ4v) is 4.57. The SMILES string of the molecule is CC1(C)COC(c2c(-c3ccccc3)cccc2[Si](C)(C)C)=N1. The first kappa shape index (κ1) is 16.0. The average molecular weight is 324 g/mol. The van der Waals surface area contributed by atoms with Gasteiger partial charge in [-0.05, 0) is 30.2 Å². The van der Waals surface area contributed by atoms with Gasteiger partial charge in [0.1, 0.15) is 6.61 Å². The zero-order chi connectivity index (χ0) is 16.7. The summed E-state index contributed by atoms with van der Waals surface area (Å²) in [5.41, 5.74) is 3.50. The van der Waals surface area contributed by atoms with E-state index >= 15 is 0 Å². The number of nitrogens with zero attached hydrogens (tertiary/aromatic N) is 1. The quantitative estimate of drug-likeness (QED) is 0.765. The molecule has 1 aliphatic heterocycles. The first-order valence-electron chi connectivity index (χ1n) is 8.20. The maximum atomic E-state index is 6.02. The molecule has 0 saturated carbocycles. The summed E-state index contributed by atoms with van der Waals surface area (Å²) in [7, 11) is -1.52. The third kappa shape index (κ3) is 3.25. The van der Waals surface area contributed by atoms with Crippen molar-refractivity contribution in [2.45, 2.75) is 39.0 Å². The third-order valence-electron chi connectivity index (χ3n) is 4.14. The van der Waals surface area contributed by atoms with Gasteiger partial charge in [-0.1, -0.05) is 68.2 Å². The molecule has 23 heavy (non-hydrogen) atoms. The zero-order valence-corrected chi connectivity index (χ0v) is 15.7. The first-order chi connectivity index (χ1) is 10.8. The van der Waals surface area contributed by atoms with Gasteiger partial charge in [-0.3, -0.25) is 0 Å². The molecule has 0 spiro atoms. The summed E-state index contributed by atoms with van der Waals surface area (Å²) in [6, 6.07) is 17.2. The number of aliphatic imine (C=N–C) groups is 1. The summed E-state index contributed by atoms with van der Waals surface area (Å²) in [6.45, 7) is 12.0. The minimum Gasteiger partial charge on any atom is -0.475 e. The van der Waals surface area contributed by atoms with Crippen LogP contribution in [0.25, 0.3) is 11.1 Å². The molecule has 2 nitrogen and oxygen atoms in total. The van der Waals surface area contributed by atoms with E-state index in [9.17, 15) is 0 Å². The number of hydrogen-bond acceptors (Lipinski definition) is 2. The largest absolute Gasteiger partial charge is 0.475 e. The van der Waals surface area contributed by atoms with Crippen LogP contribution < -0.4 is 5.19 Å². The maximum Gasteiger partial charge on any atom is 0.217 e. The topological polar surface area (TPSA) is 21.6 Å². The Bertz CT molecular complexity index is 742. The lowest BCUT2D eigenvalue weighted by Crippen LogP contribution is -2.41. The molecule has 3 heteroatoms. The minimum absolute atomic E-state index is 0.143. The Labute approximate surface area is 140 Å². The Kier molecular flexibility index (Phi) is 3.92. The van der Waals surface area contributed by atoms with Gasteiger partial charge in [0.15, 0.2) is 0 Å². The highest BCUT2D eigenvalue weighted by molar-refractivity contribution is 6.89. The van der Waals surface area contributed by atoms with E-state index in [4.69, 9.17) is 9.73 Å². The van der Waals surface area contributed by atoms with E-state index in [-0.39, 0.29) is 5.54 Å². The van der Waals surface area contributed by atoms with Crippen LogP contribution in [0.5, 0.6) is 0 Å². The Balaban J connectivity index is 2.26. The molecule has 1 heterocycles. The van der Waals surface area contributed by atoms with E-state index in [0.717, 1.165) is 5.90 Å². The second-order valence-electron chi connectivity index (χ2n) is 7.86. The second-order valence-corrected chi connectivity index (χ2v) is 12.9. The molecule has 0 saturated heterocycles. The Morgan fingerprint density at radius 3 is 2.22 bits per heavy atom. The molecule has 0 unspecified atom stereocenters. The van der Waals surface area contributed by atoms with Crippen molar-refractivity contribution in [1.29, 1.82) is 0 Å². The van der Waals surface area contributed by atoms with E-state index in [2.05, 4.69) is 82.0 Å². The van der Waals surface area contributed by atoms with Gasteiger partial charge in [-0.15, -0.1) is 0 Å². The smallest absolute Gasteiger partial charge is 0.217 e. The summed E-state index contributed by atoms with van der Waals surface area (Å²) in [5, 5.41) is 1.41. The summed E-state index contributed by atoms with van der Waals surface area (Å²) in [6.07, 6.45) is 0. The third-order valence-corrected chi connectivity index (χ3v) is 6.17. The van der Waals surface area contributed by atoms with E-state index < -0.39 is 8.07 Å². The van der Waals surface area contributed by atoms with E-state index in [0.29, 0.717) is 6.61 Å². The minimum atomic E-state index is -1.52. The van der Waals surface area contributed by atoms with Crippen LogP contribution in [0.4, 0.5) is 0 Å². The summed E-state index contributed by atoms with van der Waals surface area (Å²) in [4.78, 5) is 4.87. The highest BCUT2D eigenvalue weighted by Crippen LogP contribution is 2.29. The molecule has 120 valence electrons. The molecule has 3 rings (SSSR count). The van der Waals surface area contributed by atoms with Gasteiger partial charge < -0.3 is 4.74 Å². The molecule has 0 atom stereocenters. The van der Waals surface area contributed by atoms with Gasteiger partial charge in [-0.25, -0.2) is 4.99 Å². The fraction of sp³-hybridized carbons (Fsp3) is 0.350. The summed E-state index contributed by atoms with van der Waals surface area (Å²) in [5.74, 6) is 0.812. The molecule has 2 aromatic carbocycles. The van der Waals surface area contributed by atoms with Crippen molar-refractivity contribution in [2.24, 2.45) is 4.99 Å². The van der Waals surface area contributed by atoms with Crippen molar-refractivity contribution in [3.8, 4) is 11.1 Å². The molecule has 0 amide bonds.